The summed E-state index contributed by atoms with van der Waals surface area (Å²) < 4.78 is 0. The Morgan fingerprint density at radius 3 is 2.25 bits per heavy atom. The van der Waals surface area contributed by atoms with E-state index in [0.29, 0.717) is 51.4 Å². The van der Waals surface area contributed by atoms with Gasteiger partial charge in [-0.15, -0.1) is 0 Å². The van der Waals surface area contributed by atoms with Crippen molar-refractivity contribution in [2.24, 2.45) is 62.6 Å². The van der Waals surface area contributed by atoms with E-state index < -0.39 is 63.2 Å². The normalized spacial score (nSPS) is 54.2. The van der Waals surface area contributed by atoms with Crippen molar-refractivity contribution in [1.82, 2.24) is 0 Å². The van der Waals surface area contributed by atoms with Gasteiger partial charge in [-0.25, -0.2) is 0 Å². The summed E-state index contributed by atoms with van der Waals surface area (Å²) in [6.45, 7) is 7.65. The Bertz CT molecular complexity index is 1560. The molecule has 6 fully saturated rings. The minimum Gasteiger partial charge on any atom is -0.393 e. The van der Waals surface area contributed by atoms with Crippen LogP contribution in [-0.2, 0) is 19.2 Å². The maximum Gasteiger partial charge on any atom is 0.190 e. The number of hydrogen-bond acceptors (Lipinski definition) is 8. The Hall–Kier alpha value is -2.00. The van der Waals surface area contributed by atoms with E-state index >= 15 is 0 Å². The third-order valence-corrected chi connectivity index (χ3v) is 17.4. The number of aliphatic hydroxyl groups excluding tert-OH is 3. The Balaban J connectivity index is 1.35. The fourth-order valence-corrected chi connectivity index (χ4v) is 15.3. The van der Waals surface area contributed by atoms with E-state index in [1.807, 2.05) is 13.0 Å². The van der Waals surface area contributed by atoms with E-state index in [4.69, 9.17) is 0 Å². The van der Waals surface area contributed by atoms with Gasteiger partial charge in [0.25, 0.3) is 0 Å². The van der Waals surface area contributed by atoms with Crippen molar-refractivity contribution in [2.45, 2.75) is 129 Å². The highest BCUT2D eigenvalue weighted by atomic mass is 16.3. The Morgan fingerprint density at radius 1 is 0.812 bits per heavy atom. The molecule has 0 spiro atoms. The zero-order valence-electron chi connectivity index (χ0n) is 29.1. The van der Waals surface area contributed by atoms with Crippen molar-refractivity contribution in [3.63, 3.8) is 0 Å². The molecule has 4 N–H and O–H groups in total. The molecule has 8 aliphatic carbocycles. The van der Waals surface area contributed by atoms with Crippen molar-refractivity contribution in [3.8, 4) is 0 Å². The number of ketones is 4. The second-order valence-corrected chi connectivity index (χ2v) is 18.5. The molecule has 0 bridgehead atoms. The lowest BCUT2D eigenvalue weighted by Crippen LogP contribution is -2.73. The second kappa shape index (κ2) is 10.3. The molecule has 48 heavy (non-hydrogen) atoms. The van der Waals surface area contributed by atoms with Gasteiger partial charge >= 0.3 is 0 Å². The first-order valence-corrected chi connectivity index (χ1v) is 18.8. The highest BCUT2D eigenvalue weighted by Gasteiger charge is 2.78. The molecule has 8 aliphatic rings. The molecule has 14 atom stereocenters. The van der Waals surface area contributed by atoms with Gasteiger partial charge in [0, 0.05) is 46.8 Å². The number of hydrogen-bond donors (Lipinski definition) is 4. The summed E-state index contributed by atoms with van der Waals surface area (Å²) in [5.41, 5.74) is -3.39. The number of allylic oxidation sites excluding steroid dienone is 2. The SMILES string of the molecule is C[C@]12CC(=O)[C@H]3[C@@H](CCC4=CC(=O)CC([C@]56[C@@H](O)C[C@@]7(C)[C@@H](CC[C@]7(O)C(=O)CO)[C@@H]5CCC5=CC(=O)CC[C@@]56C)[C@@]43C)[C@@H]1CC[C@@H]2O. The van der Waals surface area contributed by atoms with Crippen molar-refractivity contribution in [2.75, 3.05) is 6.61 Å². The maximum atomic E-state index is 14.7. The summed E-state index contributed by atoms with van der Waals surface area (Å²) in [5.74, 6) is -1.11. The molecule has 0 heterocycles. The predicted octanol–water partition coefficient (Wildman–Crippen LogP) is 4.45. The lowest BCUT2D eigenvalue weighted by molar-refractivity contribution is -0.262. The molecule has 8 nitrogen and oxygen atoms in total. The Kier molecular flexibility index (Phi) is 7.11. The highest BCUT2D eigenvalue weighted by Crippen LogP contribution is 2.79. The number of rotatable bonds is 3. The number of Topliss-reactive ketones (excluding diaryl/α,β-unsaturated/α-hetero) is 2. The lowest BCUT2D eigenvalue weighted by Gasteiger charge is -2.73. The first kappa shape index (κ1) is 33.2. The van der Waals surface area contributed by atoms with Crippen LogP contribution in [0.1, 0.15) is 111 Å². The summed E-state index contributed by atoms with van der Waals surface area (Å²) in [6, 6.07) is 0. The van der Waals surface area contributed by atoms with Gasteiger partial charge in [-0.1, -0.05) is 38.8 Å². The number of fused-ring (bicyclic) bond motifs is 10. The van der Waals surface area contributed by atoms with Gasteiger partial charge in [-0.05, 0) is 111 Å². The fraction of sp³-hybridized carbons (Fsp3) is 0.800. The summed E-state index contributed by atoms with van der Waals surface area (Å²) in [5, 5.41) is 46.2. The molecule has 0 aliphatic heterocycles. The molecule has 0 aromatic heterocycles. The maximum absolute atomic E-state index is 14.7. The molecular formula is C40H54O8. The third-order valence-electron chi connectivity index (χ3n) is 17.4. The summed E-state index contributed by atoms with van der Waals surface area (Å²) in [7, 11) is 0. The number of aliphatic hydroxyl groups is 4. The molecule has 1 unspecified atom stereocenters. The van der Waals surface area contributed by atoms with Gasteiger partial charge in [0.05, 0.1) is 12.2 Å². The van der Waals surface area contributed by atoms with Crippen LogP contribution in [0.5, 0.6) is 0 Å². The van der Waals surface area contributed by atoms with Crippen LogP contribution >= 0.6 is 0 Å². The first-order chi connectivity index (χ1) is 22.5. The molecule has 262 valence electrons. The van der Waals surface area contributed by atoms with Crippen LogP contribution in [0.4, 0.5) is 0 Å². The van der Waals surface area contributed by atoms with Crippen LogP contribution in [0.25, 0.3) is 0 Å². The van der Waals surface area contributed by atoms with Crippen LogP contribution in [0, 0.1) is 62.6 Å². The fourth-order valence-electron chi connectivity index (χ4n) is 15.3. The van der Waals surface area contributed by atoms with Gasteiger partial charge in [0.15, 0.2) is 17.3 Å². The quantitative estimate of drug-likeness (QED) is 0.347. The summed E-state index contributed by atoms with van der Waals surface area (Å²) >= 11 is 0. The van der Waals surface area contributed by atoms with Crippen LogP contribution in [-0.4, -0.2) is 68.0 Å². The predicted molar refractivity (Wildman–Crippen MR) is 176 cm³/mol. The first-order valence-electron chi connectivity index (χ1n) is 18.8. The summed E-state index contributed by atoms with van der Waals surface area (Å²) in [6.07, 6.45) is 8.82. The van der Waals surface area contributed by atoms with Gasteiger partial charge in [0.1, 0.15) is 18.0 Å². The average molecular weight is 663 g/mol. The summed E-state index contributed by atoms with van der Waals surface area (Å²) in [4.78, 5) is 55.0. The van der Waals surface area contributed by atoms with Crippen molar-refractivity contribution < 1.29 is 39.6 Å². The van der Waals surface area contributed by atoms with Crippen LogP contribution in [0.3, 0.4) is 0 Å². The molecule has 8 rings (SSSR count). The number of carbonyl (C=O) groups is 4. The highest BCUT2D eigenvalue weighted by molar-refractivity contribution is 5.94. The van der Waals surface area contributed by atoms with Gasteiger partial charge in [0.2, 0.25) is 0 Å². The molecule has 8 heteroatoms. The topological polar surface area (TPSA) is 149 Å². The van der Waals surface area contributed by atoms with Gasteiger partial charge in [-0.3, -0.25) is 19.2 Å². The van der Waals surface area contributed by atoms with Crippen molar-refractivity contribution in [1.29, 1.82) is 0 Å². The zero-order valence-corrected chi connectivity index (χ0v) is 29.1. The average Bonchev–Trinajstić information content (AvgIpc) is 3.48. The monoisotopic (exact) mass is 662 g/mol. The number of carbonyl (C=O) groups excluding carboxylic acids is 4. The minimum atomic E-state index is -1.76. The van der Waals surface area contributed by atoms with Crippen LogP contribution < -0.4 is 0 Å². The van der Waals surface area contributed by atoms with Crippen LogP contribution in [0.2, 0.25) is 0 Å². The smallest absolute Gasteiger partial charge is 0.190 e. The minimum absolute atomic E-state index is 0.0222. The Labute approximate surface area is 283 Å². The van der Waals surface area contributed by atoms with Crippen LogP contribution in [0.15, 0.2) is 23.3 Å². The molecule has 0 radical (unpaired) electrons. The van der Waals surface area contributed by atoms with E-state index in [1.54, 1.807) is 6.08 Å². The molecule has 0 aromatic rings. The van der Waals surface area contributed by atoms with E-state index in [1.165, 1.54) is 0 Å². The van der Waals surface area contributed by atoms with Crippen molar-refractivity contribution >= 4 is 23.1 Å². The third kappa shape index (κ3) is 3.66. The van der Waals surface area contributed by atoms with E-state index in [0.717, 1.165) is 24.0 Å². The zero-order chi connectivity index (χ0) is 34.4. The molecule has 0 aromatic carbocycles. The van der Waals surface area contributed by atoms with E-state index in [2.05, 4.69) is 20.8 Å². The van der Waals surface area contributed by atoms with E-state index in [-0.39, 0.29) is 66.2 Å². The molecular weight excluding hydrogens is 608 g/mol. The van der Waals surface area contributed by atoms with Gasteiger partial charge in [-0.2, -0.15) is 0 Å². The van der Waals surface area contributed by atoms with E-state index in [9.17, 15) is 39.6 Å². The Morgan fingerprint density at radius 2 is 1.52 bits per heavy atom. The second-order valence-electron chi connectivity index (χ2n) is 18.5. The molecule has 0 saturated heterocycles. The standard InChI is InChI=1S/C40H54O8/c1-35-18-29(44)34-25(26(35)9-10-31(35)45)7-5-22-16-24(43)17-30(38(22,34)4)40-28(8-6-21-15-23(42)11-13-36(21,40)2)27-12-14-39(48,33(47)20-41)37(27,3)19-32(40)46/h15-16,25-28,30-32,34,41,45-46,48H,5-14,17-20H2,1-4H3/t25-,26-,27-,28-,30?,31-,32-,34+,35-,36-,37-,38+,39-,40-/m0/s1. The van der Waals surface area contributed by atoms with Gasteiger partial charge < -0.3 is 20.4 Å². The largest absolute Gasteiger partial charge is 0.393 e. The molecule has 6 saturated carbocycles. The lowest BCUT2D eigenvalue weighted by atomic mass is 9.30. The van der Waals surface area contributed by atoms with Crippen molar-refractivity contribution in [3.05, 3.63) is 23.3 Å². The molecule has 0 amide bonds.